The normalized spacial score (nSPS) is 14.9. The third-order valence-electron chi connectivity index (χ3n) is 5.08. The van der Waals surface area contributed by atoms with Crippen LogP contribution >= 0.6 is 0 Å². The highest BCUT2D eigenvalue weighted by atomic mass is 19.4. The lowest BCUT2D eigenvalue weighted by atomic mass is 10.0. The Kier molecular flexibility index (Phi) is 5.19. The number of hydrogen-bond donors (Lipinski definition) is 2. The first kappa shape index (κ1) is 19.9. The molecule has 1 atom stereocenters. The number of aromatic nitrogens is 2. The van der Waals surface area contributed by atoms with Gasteiger partial charge in [-0.3, -0.25) is 4.79 Å². The highest BCUT2D eigenvalue weighted by Crippen LogP contribution is 2.39. The number of carbonyl (C=O) groups is 1. The Morgan fingerprint density at radius 2 is 1.93 bits per heavy atom. The number of nitrogens with one attached hydrogen (secondary N) is 2. The predicted molar refractivity (Wildman–Crippen MR) is 107 cm³/mol. The predicted octanol–water partition coefficient (Wildman–Crippen LogP) is 4.97. The van der Waals surface area contributed by atoms with Crippen LogP contribution in [0.5, 0.6) is 5.75 Å². The summed E-state index contributed by atoms with van der Waals surface area (Å²) in [5.41, 5.74) is 1.91. The van der Waals surface area contributed by atoms with Gasteiger partial charge in [-0.1, -0.05) is 24.3 Å². The molecule has 6 nitrogen and oxygen atoms in total. The molecule has 1 aliphatic rings. The minimum Gasteiger partial charge on any atom is -0.405 e. The van der Waals surface area contributed by atoms with E-state index in [4.69, 9.17) is 0 Å². The van der Waals surface area contributed by atoms with E-state index in [1.165, 1.54) is 12.1 Å². The van der Waals surface area contributed by atoms with Crippen molar-refractivity contribution in [3.05, 3.63) is 42.5 Å². The molecule has 0 unspecified atom stereocenters. The molecule has 4 rings (SSSR count). The van der Waals surface area contributed by atoms with Crippen LogP contribution in [0.4, 0.5) is 24.7 Å². The van der Waals surface area contributed by atoms with Crippen LogP contribution in [-0.2, 0) is 4.79 Å². The van der Waals surface area contributed by atoms with Crippen molar-refractivity contribution in [3.63, 3.8) is 0 Å². The molecule has 0 radical (unpaired) electrons. The quantitative estimate of drug-likeness (QED) is 0.532. The first-order valence-electron chi connectivity index (χ1n) is 9.48. The van der Waals surface area contributed by atoms with E-state index in [2.05, 4.69) is 32.5 Å². The van der Waals surface area contributed by atoms with Crippen LogP contribution in [0, 0.1) is 5.92 Å². The van der Waals surface area contributed by atoms with Crippen molar-refractivity contribution in [2.45, 2.75) is 32.2 Å². The molecule has 156 valence electrons. The van der Waals surface area contributed by atoms with Gasteiger partial charge in [0.2, 0.25) is 6.41 Å². The van der Waals surface area contributed by atoms with Gasteiger partial charge in [0.25, 0.3) is 0 Å². The van der Waals surface area contributed by atoms with Gasteiger partial charge in [-0.05, 0) is 49.4 Å². The van der Waals surface area contributed by atoms with Gasteiger partial charge < -0.3 is 15.4 Å². The minimum absolute atomic E-state index is 0.185. The van der Waals surface area contributed by atoms with Crippen LogP contribution in [0.1, 0.15) is 19.8 Å². The summed E-state index contributed by atoms with van der Waals surface area (Å²) in [4.78, 5) is 11.0. The Morgan fingerprint density at radius 1 is 1.17 bits per heavy atom. The Balaban J connectivity index is 1.77. The largest absolute Gasteiger partial charge is 0.573 e. The van der Waals surface area contributed by atoms with Crippen molar-refractivity contribution in [3.8, 4) is 16.9 Å². The standard InChI is InChI=1S/C21H19F3N4O2/c1-12(13-6-7-13)26-19-16-9-8-14(10-17(16)27-28-20(19)25-11-29)15-4-2-3-5-18(15)30-21(22,23)24/h2-5,8-13H,6-7H2,1H3,(H,26,27)(H,25,28,29)/t12-/m1/s1. The Labute approximate surface area is 170 Å². The van der Waals surface area contributed by atoms with Crippen molar-refractivity contribution in [1.82, 2.24) is 10.2 Å². The number of ether oxygens (including phenoxy) is 1. The summed E-state index contributed by atoms with van der Waals surface area (Å²) in [7, 11) is 0. The van der Waals surface area contributed by atoms with E-state index in [0.717, 1.165) is 12.8 Å². The van der Waals surface area contributed by atoms with E-state index in [-0.39, 0.29) is 17.4 Å². The zero-order chi connectivity index (χ0) is 21.3. The van der Waals surface area contributed by atoms with Gasteiger partial charge in [0.1, 0.15) is 5.75 Å². The number of halogens is 3. The van der Waals surface area contributed by atoms with Crippen LogP contribution < -0.4 is 15.4 Å². The lowest BCUT2D eigenvalue weighted by molar-refractivity contribution is -0.274. The van der Waals surface area contributed by atoms with Crippen molar-refractivity contribution < 1.29 is 22.7 Å². The van der Waals surface area contributed by atoms with Gasteiger partial charge in [-0.25, -0.2) is 0 Å². The second kappa shape index (κ2) is 7.81. The highest BCUT2D eigenvalue weighted by Gasteiger charge is 2.32. The second-order valence-electron chi connectivity index (χ2n) is 7.23. The fraction of sp³-hybridized carbons (Fsp3) is 0.286. The van der Waals surface area contributed by atoms with Crippen LogP contribution in [0.2, 0.25) is 0 Å². The zero-order valence-electron chi connectivity index (χ0n) is 16.0. The number of para-hydroxylation sites is 1. The molecule has 2 aromatic carbocycles. The number of hydrogen-bond acceptors (Lipinski definition) is 5. The SMILES string of the molecule is C[C@@H](Nc1c(NC=O)nnc2cc(-c3ccccc3OC(F)(F)F)ccc12)C1CC1. The van der Waals surface area contributed by atoms with Crippen molar-refractivity contribution in [2.75, 3.05) is 10.6 Å². The van der Waals surface area contributed by atoms with Crippen LogP contribution in [0.15, 0.2) is 42.5 Å². The van der Waals surface area contributed by atoms with Gasteiger partial charge in [-0.15, -0.1) is 23.4 Å². The number of benzene rings is 2. The number of nitrogens with zero attached hydrogens (tertiary/aromatic N) is 2. The van der Waals surface area contributed by atoms with Crippen molar-refractivity contribution in [1.29, 1.82) is 0 Å². The monoisotopic (exact) mass is 416 g/mol. The first-order valence-corrected chi connectivity index (χ1v) is 9.48. The lowest BCUT2D eigenvalue weighted by Crippen LogP contribution is -2.19. The maximum Gasteiger partial charge on any atom is 0.573 e. The van der Waals surface area contributed by atoms with Gasteiger partial charge in [0.15, 0.2) is 5.82 Å². The molecule has 1 amide bonds. The molecule has 30 heavy (non-hydrogen) atoms. The lowest BCUT2D eigenvalue weighted by Gasteiger charge is -2.18. The van der Waals surface area contributed by atoms with E-state index < -0.39 is 6.36 Å². The molecule has 0 saturated heterocycles. The Hall–Kier alpha value is -3.36. The molecule has 3 aromatic rings. The van der Waals surface area contributed by atoms with Gasteiger partial charge in [0, 0.05) is 17.0 Å². The molecular weight excluding hydrogens is 397 g/mol. The van der Waals surface area contributed by atoms with Gasteiger partial charge >= 0.3 is 6.36 Å². The third kappa shape index (κ3) is 4.29. The fourth-order valence-corrected chi connectivity index (χ4v) is 3.44. The molecule has 1 heterocycles. The molecule has 1 aromatic heterocycles. The molecule has 0 bridgehead atoms. The summed E-state index contributed by atoms with van der Waals surface area (Å²) in [6.07, 6.45) is -1.98. The first-order chi connectivity index (χ1) is 14.4. The summed E-state index contributed by atoms with van der Waals surface area (Å²) < 4.78 is 42.5. The van der Waals surface area contributed by atoms with E-state index >= 15 is 0 Å². The Bertz CT molecular complexity index is 1080. The molecule has 0 spiro atoms. The minimum atomic E-state index is -4.79. The molecule has 2 N–H and O–H groups in total. The van der Waals surface area contributed by atoms with Crippen LogP contribution in [-0.4, -0.2) is 29.0 Å². The maximum absolute atomic E-state index is 12.8. The van der Waals surface area contributed by atoms with Crippen LogP contribution in [0.25, 0.3) is 22.0 Å². The summed E-state index contributed by atoms with van der Waals surface area (Å²) in [6.45, 7) is 2.06. The van der Waals surface area contributed by atoms with E-state index in [1.807, 2.05) is 0 Å². The summed E-state index contributed by atoms with van der Waals surface area (Å²) >= 11 is 0. The molecule has 0 aliphatic heterocycles. The maximum atomic E-state index is 12.8. The summed E-state index contributed by atoms with van der Waals surface area (Å²) in [5.74, 6) is 0.568. The topological polar surface area (TPSA) is 76.1 Å². The van der Waals surface area contributed by atoms with Crippen LogP contribution in [0.3, 0.4) is 0 Å². The average Bonchev–Trinajstić information content (AvgIpc) is 3.54. The van der Waals surface area contributed by atoms with Crippen molar-refractivity contribution >= 4 is 28.8 Å². The average molecular weight is 416 g/mol. The van der Waals surface area contributed by atoms with Gasteiger partial charge in [-0.2, -0.15) is 0 Å². The zero-order valence-corrected chi connectivity index (χ0v) is 16.0. The number of amides is 1. The molecule has 1 fully saturated rings. The number of rotatable bonds is 7. The number of anilines is 2. The second-order valence-corrected chi connectivity index (χ2v) is 7.23. The fourth-order valence-electron chi connectivity index (χ4n) is 3.44. The van der Waals surface area contributed by atoms with Gasteiger partial charge in [0.05, 0.1) is 11.2 Å². The van der Waals surface area contributed by atoms with E-state index in [1.54, 1.807) is 30.3 Å². The molecule has 9 heteroatoms. The summed E-state index contributed by atoms with van der Waals surface area (Å²) in [6, 6.07) is 11.2. The highest BCUT2D eigenvalue weighted by molar-refractivity contribution is 6.00. The van der Waals surface area contributed by atoms with Crippen molar-refractivity contribution in [2.24, 2.45) is 5.92 Å². The molecular formula is C21H19F3N4O2. The Morgan fingerprint density at radius 3 is 2.63 bits per heavy atom. The smallest absolute Gasteiger partial charge is 0.405 e. The van der Waals surface area contributed by atoms with E-state index in [9.17, 15) is 18.0 Å². The third-order valence-corrected chi connectivity index (χ3v) is 5.08. The number of fused-ring (bicyclic) bond motifs is 1. The molecule has 1 saturated carbocycles. The number of alkyl halides is 3. The molecule has 1 aliphatic carbocycles. The number of carbonyl (C=O) groups excluding carboxylic acids is 1. The van der Waals surface area contributed by atoms with E-state index in [0.29, 0.717) is 40.3 Å². The summed E-state index contributed by atoms with van der Waals surface area (Å²) in [5, 5.41) is 14.9.